The number of fused-ring (bicyclic) bond motifs is 1. The molecule has 1 amide bonds. The molecule has 0 radical (unpaired) electrons. The van der Waals surface area contributed by atoms with E-state index in [-0.39, 0.29) is 17.6 Å². The SMILES string of the molecule is COc1ccc2c(c1)CCN(C(=O)c1nc(-c3cnccn3)no1)C2. The van der Waals surface area contributed by atoms with Crippen molar-refractivity contribution in [2.75, 3.05) is 13.7 Å². The van der Waals surface area contributed by atoms with Crippen molar-refractivity contribution in [1.29, 1.82) is 0 Å². The number of hydrogen-bond donors (Lipinski definition) is 0. The summed E-state index contributed by atoms with van der Waals surface area (Å²) in [4.78, 5) is 26.5. The van der Waals surface area contributed by atoms with Crippen LogP contribution in [0, 0.1) is 0 Å². The Kier molecular flexibility index (Phi) is 3.85. The number of methoxy groups -OCH3 is 1. The van der Waals surface area contributed by atoms with Crippen LogP contribution in [0.25, 0.3) is 11.5 Å². The fraction of sp³-hybridized carbons (Fsp3) is 0.235. The number of rotatable bonds is 3. The van der Waals surface area contributed by atoms with Crippen molar-refractivity contribution in [2.45, 2.75) is 13.0 Å². The molecule has 4 rings (SSSR count). The van der Waals surface area contributed by atoms with Crippen LogP contribution in [0.5, 0.6) is 5.75 Å². The molecule has 8 heteroatoms. The molecule has 1 aliphatic rings. The lowest BCUT2D eigenvalue weighted by Crippen LogP contribution is -2.36. The Morgan fingerprint density at radius 2 is 2.20 bits per heavy atom. The molecule has 0 atom stereocenters. The van der Waals surface area contributed by atoms with Crippen LogP contribution in [0.2, 0.25) is 0 Å². The Hall–Kier alpha value is -3.29. The number of carbonyl (C=O) groups excluding carboxylic acids is 1. The molecule has 0 saturated heterocycles. The molecule has 3 aromatic rings. The number of amides is 1. The monoisotopic (exact) mass is 337 g/mol. The van der Waals surface area contributed by atoms with Gasteiger partial charge in [0.05, 0.1) is 13.3 Å². The highest BCUT2D eigenvalue weighted by molar-refractivity contribution is 5.90. The van der Waals surface area contributed by atoms with Crippen LogP contribution in [0.1, 0.15) is 21.8 Å². The molecule has 2 aromatic heterocycles. The number of hydrogen-bond acceptors (Lipinski definition) is 7. The van der Waals surface area contributed by atoms with Gasteiger partial charge >= 0.3 is 11.8 Å². The first kappa shape index (κ1) is 15.3. The van der Waals surface area contributed by atoms with Crippen LogP contribution >= 0.6 is 0 Å². The summed E-state index contributed by atoms with van der Waals surface area (Å²) in [6, 6.07) is 5.88. The van der Waals surface area contributed by atoms with Crippen LogP contribution in [-0.2, 0) is 13.0 Å². The van der Waals surface area contributed by atoms with Gasteiger partial charge in [0, 0.05) is 25.5 Å². The molecule has 0 aliphatic carbocycles. The second-order valence-corrected chi connectivity index (χ2v) is 5.63. The van der Waals surface area contributed by atoms with Crippen molar-refractivity contribution in [1.82, 2.24) is 25.0 Å². The summed E-state index contributed by atoms with van der Waals surface area (Å²) in [7, 11) is 1.64. The van der Waals surface area contributed by atoms with Crippen molar-refractivity contribution < 1.29 is 14.1 Å². The smallest absolute Gasteiger partial charge is 0.316 e. The van der Waals surface area contributed by atoms with Gasteiger partial charge in [0.25, 0.3) is 0 Å². The van der Waals surface area contributed by atoms with E-state index in [4.69, 9.17) is 9.26 Å². The molecule has 8 nitrogen and oxygen atoms in total. The maximum atomic E-state index is 12.6. The van der Waals surface area contributed by atoms with E-state index in [1.54, 1.807) is 18.2 Å². The van der Waals surface area contributed by atoms with E-state index in [1.807, 2.05) is 18.2 Å². The fourth-order valence-electron chi connectivity index (χ4n) is 2.79. The summed E-state index contributed by atoms with van der Waals surface area (Å²) in [6.07, 6.45) is 5.35. The lowest BCUT2D eigenvalue weighted by atomic mass is 9.99. The minimum Gasteiger partial charge on any atom is -0.497 e. The van der Waals surface area contributed by atoms with Gasteiger partial charge in [0.15, 0.2) is 0 Å². The predicted molar refractivity (Wildman–Crippen MR) is 86.8 cm³/mol. The molecule has 0 unspecified atom stereocenters. The zero-order valence-electron chi connectivity index (χ0n) is 13.5. The number of carbonyl (C=O) groups is 1. The topological polar surface area (TPSA) is 94.2 Å². The molecule has 1 aromatic carbocycles. The van der Waals surface area contributed by atoms with Crippen molar-refractivity contribution in [2.24, 2.45) is 0 Å². The van der Waals surface area contributed by atoms with Crippen LogP contribution in [-0.4, -0.2) is 44.6 Å². The standard InChI is InChI=1S/C17H15N5O3/c1-24-13-3-2-12-10-22(7-4-11(12)8-13)17(23)16-20-15(21-25-16)14-9-18-5-6-19-14/h2-3,5-6,8-9H,4,7,10H2,1H3. The molecule has 0 saturated carbocycles. The Morgan fingerprint density at radius 1 is 1.28 bits per heavy atom. The van der Waals surface area contributed by atoms with Crippen LogP contribution < -0.4 is 4.74 Å². The Labute approximate surface area is 143 Å². The van der Waals surface area contributed by atoms with Gasteiger partial charge in [0.2, 0.25) is 5.82 Å². The molecule has 25 heavy (non-hydrogen) atoms. The molecule has 0 N–H and O–H groups in total. The van der Waals surface area contributed by atoms with Gasteiger partial charge in [-0.2, -0.15) is 4.98 Å². The lowest BCUT2D eigenvalue weighted by Gasteiger charge is -2.27. The maximum absolute atomic E-state index is 12.6. The largest absolute Gasteiger partial charge is 0.497 e. The van der Waals surface area contributed by atoms with Crippen molar-refractivity contribution >= 4 is 5.91 Å². The molecule has 0 bridgehead atoms. The highest BCUT2D eigenvalue weighted by atomic mass is 16.5. The first-order valence-corrected chi connectivity index (χ1v) is 7.80. The van der Waals surface area contributed by atoms with Gasteiger partial charge in [-0.15, -0.1) is 0 Å². The van der Waals surface area contributed by atoms with Gasteiger partial charge in [-0.3, -0.25) is 9.78 Å². The second kappa shape index (κ2) is 6.31. The van der Waals surface area contributed by atoms with Gasteiger partial charge in [-0.1, -0.05) is 11.2 Å². The highest BCUT2D eigenvalue weighted by Gasteiger charge is 2.26. The summed E-state index contributed by atoms with van der Waals surface area (Å²) < 4.78 is 10.4. The van der Waals surface area contributed by atoms with Gasteiger partial charge in [-0.25, -0.2) is 4.98 Å². The number of nitrogens with zero attached hydrogens (tertiary/aromatic N) is 5. The maximum Gasteiger partial charge on any atom is 0.316 e. The van der Waals surface area contributed by atoms with E-state index in [0.29, 0.717) is 18.8 Å². The van der Waals surface area contributed by atoms with E-state index < -0.39 is 0 Å². The lowest BCUT2D eigenvalue weighted by molar-refractivity contribution is 0.0684. The Bertz CT molecular complexity index is 910. The average molecular weight is 337 g/mol. The van der Waals surface area contributed by atoms with Crippen LogP contribution in [0.4, 0.5) is 0 Å². The third kappa shape index (κ3) is 2.93. The predicted octanol–water partition coefficient (Wildman–Crippen LogP) is 1.73. The zero-order chi connectivity index (χ0) is 17.2. The number of benzene rings is 1. The first-order chi connectivity index (χ1) is 12.2. The van der Waals surface area contributed by atoms with Crippen molar-refractivity contribution in [3.05, 3.63) is 53.8 Å². The number of aromatic nitrogens is 4. The van der Waals surface area contributed by atoms with Crippen LogP contribution in [0.3, 0.4) is 0 Å². The minimum atomic E-state index is -0.288. The van der Waals surface area contributed by atoms with Crippen molar-refractivity contribution in [3.63, 3.8) is 0 Å². The van der Waals surface area contributed by atoms with Crippen LogP contribution in [0.15, 0.2) is 41.3 Å². The molecule has 1 aliphatic heterocycles. The average Bonchev–Trinajstić information content (AvgIpc) is 3.17. The zero-order valence-corrected chi connectivity index (χ0v) is 13.5. The van der Waals surface area contributed by atoms with E-state index in [2.05, 4.69) is 20.1 Å². The molecular formula is C17H15N5O3. The first-order valence-electron chi connectivity index (χ1n) is 7.80. The second-order valence-electron chi connectivity index (χ2n) is 5.63. The highest BCUT2D eigenvalue weighted by Crippen LogP contribution is 2.24. The summed E-state index contributed by atoms with van der Waals surface area (Å²) in [5, 5.41) is 3.82. The Morgan fingerprint density at radius 3 is 3.00 bits per heavy atom. The van der Waals surface area contributed by atoms with Gasteiger partial charge in [0.1, 0.15) is 11.4 Å². The minimum absolute atomic E-state index is 0.0439. The molecule has 0 spiro atoms. The van der Waals surface area contributed by atoms with Crippen molar-refractivity contribution in [3.8, 4) is 17.3 Å². The summed E-state index contributed by atoms with van der Waals surface area (Å²) in [5.74, 6) is 0.740. The molecular weight excluding hydrogens is 322 g/mol. The van der Waals surface area contributed by atoms with E-state index in [1.165, 1.54) is 18.0 Å². The summed E-state index contributed by atoms with van der Waals surface area (Å²) in [6.45, 7) is 1.09. The molecule has 3 heterocycles. The normalized spacial score (nSPS) is 13.4. The third-order valence-corrected chi connectivity index (χ3v) is 4.11. The summed E-state index contributed by atoms with van der Waals surface area (Å²) >= 11 is 0. The number of ether oxygens (including phenoxy) is 1. The van der Waals surface area contributed by atoms with Gasteiger partial charge in [-0.05, 0) is 29.7 Å². The fourth-order valence-corrected chi connectivity index (χ4v) is 2.79. The van der Waals surface area contributed by atoms with E-state index in [9.17, 15) is 4.79 Å². The molecule has 0 fully saturated rings. The quantitative estimate of drug-likeness (QED) is 0.718. The Balaban J connectivity index is 1.53. The molecule has 126 valence electrons. The third-order valence-electron chi connectivity index (χ3n) is 4.11. The summed E-state index contributed by atoms with van der Waals surface area (Å²) in [5.41, 5.74) is 2.74. The van der Waals surface area contributed by atoms with Gasteiger partial charge < -0.3 is 14.2 Å². The van der Waals surface area contributed by atoms with E-state index >= 15 is 0 Å². The van der Waals surface area contributed by atoms with E-state index in [0.717, 1.165) is 17.7 Å².